The summed E-state index contributed by atoms with van der Waals surface area (Å²) in [6, 6.07) is 9.52. The molecule has 2 aromatic rings. The normalized spacial score (nSPS) is 18.6. The molecule has 6 nitrogen and oxygen atoms in total. The number of carbonyl (C=O) groups is 1. The number of benzene rings is 1. The average molecular weight is 429 g/mol. The Labute approximate surface area is 181 Å². The Morgan fingerprint density at radius 1 is 1.27 bits per heavy atom. The van der Waals surface area contributed by atoms with Gasteiger partial charge in [-0.15, -0.1) is 0 Å². The lowest BCUT2D eigenvalue weighted by molar-refractivity contribution is 0.0270. The van der Waals surface area contributed by atoms with Crippen molar-refractivity contribution in [2.75, 3.05) is 19.7 Å². The number of halogens is 1. The van der Waals surface area contributed by atoms with Crippen molar-refractivity contribution in [2.45, 2.75) is 38.9 Å². The van der Waals surface area contributed by atoms with Crippen molar-refractivity contribution in [3.63, 3.8) is 0 Å². The second kappa shape index (κ2) is 8.19. The zero-order valence-corrected chi connectivity index (χ0v) is 18.1. The fourth-order valence-corrected chi connectivity index (χ4v) is 3.60. The van der Waals surface area contributed by atoms with Crippen molar-refractivity contribution in [2.24, 2.45) is 0 Å². The molecule has 0 N–H and O–H groups in total. The third-order valence-electron chi connectivity index (χ3n) is 4.91. The highest BCUT2D eigenvalue weighted by Crippen LogP contribution is 2.42. The minimum atomic E-state index is -0.500. The van der Waals surface area contributed by atoms with Gasteiger partial charge in [0.15, 0.2) is 17.6 Å². The van der Waals surface area contributed by atoms with Gasteiger partial charge in [-0.1, -0.05) is 29.8 Å². The average Bonchev–Trinajstić information content (AvgIpc) is 2.72. The van der Waals surface area contributed by atoms with E-state index in [9.17, 15) is 4.79 Å². The largest absolute Gasteiger partial charge is 0.485 e. The van der Waals surface area contributed by atoms with Crippen molar-refractivity contribution in [3.8, 4) is 11.5 Å². The van der Waals surface area contributed by atoms with E-state index in [2.05, 4.69) is 11.1 Å². The number of amides is 1. The van der Waals surface area contributed by atoms with Gasteiger partial charge in [0.05, 0.1) is 10.7 Å². The van der Waals surface area contributed by atoms with E-state index in [1.807, 2.05) is 45.0 Å². The molecule has 0 aliphatic carbocycles. The summed E-state index contributed by atoms with van der Waals surface area (Å²) >= 11 is 5.93. The zero-order valence-electron chi connectivity index (χ0n) is 17.4. The van der Waals surface area contributed by atoms with Gasteiger partial charge in [-0.3, -0.25) is 4.98 Å². The Morgan fingerprint density at radius 2 is 2.10 bits per heavy atom. The van der Waals surface area contributed by atoms with Crippen molar-refractivity contribution >= 4 is 23.3 Å². The topological polar surface area (TPSA) is 60.9 Å². The zero-order chi connectivity index (χ0) is 21.3. The van der Waals surface area contributed by atoms with E-state index in [4.69, 9.17) is 25.8 Å². The molecule has 0 radical (unpaired) electrons. The number of nitrogens with zero attached hydrogens (tertiary/aromatic N) is 2. The van der Waals surface area contributed by atoms with Crippen molar-refractivity contribution < 1.29 is 19.0 Å². The lowest BCUT2D eigenvalue weighted by Gasteiger charge is -2.31. The maximum atomic E-state index is 12.3. The first kappa shape index (κ1) is 20.5. The van der Waals surface area contributed by atoms with Crippen molar-refractivity contribution in [3.05, 3.63) is 58.9 Å². The lowest BCUT2D eigenvalue weighted by Crippen LogP contribution is -2.39. The van der Waals surface area contributed by atoms with Crippen LogP contribution in [0.15, 0.2) is 42.6 Å². The molecule has 1 aromatic heterocycles. The van der Waals surface area contributed by atoms with Crippen LogP contribution in [0.5, 0.6) is 11.5 Å². The van der Waals surface area contributed by atoms with Gasteiger partial charge in [0.25, 0.3) is 0 Å². The molecule has 2 aliphatic heterocycles. The van der Waals surface area contributed by atoms with Gasteiger partial charge in [-0.25, -0.2) is 4.79 Å². The summed E-state index contributed by atoms with van der Waals surface area (Å²) in [5.41, 5.74) is 2.41. The number of para-hydroxylation sites is 1. The van der Waals surface area contributed by atoms with Crippen LogP contribution in [-0.2, 0) is 4.74 Å². The molecule has 7 heteroatoms. The molecule has 30 heavy (non-hydrogen) atoms. The molecule has 0 saturated carbocycles. The van der Waals surface area contributed by atoms with Gasteiger partial charge < -0.3 is 19.1 Å². The third kappa shape index (κ3) is 4.54. The number of pyridine rings is 1. The number of rotatable bonds is 2. The fraction of sp³-hybridized carbons (Fsp3) is 0.391. The smallest absolute Gasteiger partial charge is 0.410 e. The Morgan fingerprint density at radius 3 is 2.77 bits per heavy atom. The Bertz CT molecular complexity index is 966. The number of hydrogen-bond acceptors (Lipinski definition) is 5. The predicted octanol–water partition coefficient (Wildman–Crippen LogP) is 5.27. The standard InChI is InChI=1S/C23H25ClN2O4/c1-23(2,3)30-22(27)26-11-9-15(10-12-26)17-5-4-6-19-21(17)28-14-20(29-19)18-8-7-16(24)13-25-18/h4-9,13,20H,10-12,14H2,1-3H3/t20-/m1/s1. The first-order valence-electron chi connectivity index (χ1n) is 10.0. The third-order valence-corrected chi connectivity index (χ3v) is 5.14. The monoisotopic (exact) mass is 428 g/mol. The first-order valence-corrected chi connectivity index (χ1v) is 10.4. The Hall–Kier alpha value is -2.73. The van der Waals surface area contributed by atoms with E-state index in [0.717, 1.165) is 29.0 Å². The van der Waals surface area contributed by atoms with E-state index in [1.165, 1.54) is 0 Å². The second-order valence-corrected chi connectivity index (χ2v) is 8.79. The van der Waals surface area contributed by atoms with Gasteiger partial charge in [-0.05, 0) is 51.0 Å². The molecule has 1 aromatic carbocycles. The van der Waals surface area contributed by atoms with Crippen LogP contribution in [0.3, 0.4) is 0 Å². The van der Waals surface area contributed by atoms with Crippen LogP contribution in [0, 0.1) is 0 Å². The van der Waals surface area contributed by atoms with Gasteiger partial charge in [-0.2, -0.15) is 0 Å². The minimum absolute atomic E-state index is 0.284. The summed E-state index contributed by atoms with van der Waals surface area (Å²) in [4.78, 5) is 18.3. The lowest BCUT2D eigenvalue weighted by atomic mass is 9.98. The molecular weight excluding hydrogens is 404 g/mol. The van der Waals surface area contributed by atoms with Crippen LogP contribution in [0.4, 0.5) is 4.79 Å². The highest BCUT2D eigenvalue weighted by atomic mass is 35.5. The molecule has 4 rings (SSSR count). The van der Waals surface area contributed by atoms with E-state index >= 15 is 0 Å². The molecule has 1 amide bonds. The summed E-state index contributed by atoms with van der Waals surface area (Å²) in [7, 11) is 0. The van der Waals surface area contributed by atoms with E-state index in [0.29, 0.717) is 30.5 Å². The maximum absolute atomic E-state index is 12.3. The number of fused-ring (bicyclic) bond motifs is 1. The number of aromatic nitrogens is 1. The second-order valence-electron chi connectivity index (χ2n) is 8.36. The predicted molar refractivity (Wildman–Crippen MR) is 115 cm³/mol. The SMILES string of the molecule is CC(C)(C)OC(=O)N1CC=C(c2cccc3c2OC[C@H](c2ccc(Cl)cn2)O3)CC1. The van der Waals surface area contributed by atoms with Gasteiger partial charge in [0, 0.05) is 24.8 Å². The molecule has 0 unspecified atom stereocenters. The van der Waals surface area contributed by atoms with Crippen LogP contribution in [-0.4, -0.2) is 41.3 Å². The number of carbonyl (C=O) groups excluding carboxylic acids is 1. The summed E-state index contributed by atoms with van der Waals surface area (Å²) in [5.74, 6) is 1.43. The summed E-state index contributed by atoms with van der Waals surface area (Å²) < 4.78 is 17.7. The molecule has 0 fully saturated rings. The summed E-state index contributed by atoms with van der Waals surface area (Å²) in [6.45, 7) is 7.09. The molecule has 1 atom stereocenters. The molecule has 3 heterocycles. The minimum Gasteiger partial charge on any atom is -0.485 e. The highest BCUT2D eigenvalue weighted by Gasteiger charge is 2.28. The molecule has 158 valence electrons. The van der Waals surface area contributed by atoms with E-state index in [-0.39, 0.29) is 12.2 Å². The molecule has 0 bridgehead atoms. The highest BCUT2D eigenvalue weighted by molar-refractivity contribution is 6.30. The first-order chi connectivity index (χ1) is 14.3. The van der Waals surface area contributed by atoms with Gasteiger partial charge in [0.1, 0.15) is 12.2 Å². The van der Waals surface area contributed by atoms with Crippen LogP contribution in [0.2, 0.25) is 5.02 Å². The Balaban J connectivity index is 1.49. The summed E-state index contributed by atoms with van der Waals surface area (Å²) in [5, 5.41) is 0.586. The molecule has 0 saturated heterocycles. The van der Waals surface area contributed by atoms with Gasteiger partial charge >= 0.3 is 6.09 Å². The quantitative estimate of drug-likeness (QED) is 0.651. The van der Waals surface area contributed by atoms with Crippen molar-refractivity contribution in [1.29, 1.82) is 0 Å². The Kier molecular flexibility index (Phi) is 5.60. The summed E-state index contributed by atoms with van der Waals surface area (Å²) in [6.07, 6.45) is 3.81. The molecule has 2 aliphatic rings. The van der Waals surface area contributed by atoms with Crippen molar-refractivity contribution in [1.82, 2.24) is 9.88 Å². The number of hydrogen-bond donors (Lipinski definition) is 0. The maximum Gasteiger partial charge on any atom is 0.410 e. The molecule has 0 spiro atoms. The van der Waals surface area contributed by atoms with E-state index in [1.54, 1.807) is 17.2 Å². The van der Waals surface area contributed by atoms with Crippen LogP contribution in [0.1, 0.15) is 44.6 Å². The van der Waals surface area contributed by atoms with Crippen LogP contribution >= 0.6 is 11.6 Å². The van der Waals surface area contributed by atoms with Crippen LogP contribution < -0.4 is 9.47 Å². The fourth-order valence-electron chi connectivity index (χ4n) is 3.49. The van der Waals surface area contributed by atoms with Gasteiger partial charge in [0.2, 0.25) is 0 Å². The molecular formula is C23H25ClN2O4. The number of ether oxygens (including phenoxy) is 3. The van der Waals surface area contributed by atoms with E-state index < -0.39 is 5.60 Å². The van der Waals surface area contributed by atoms with Crippen LogP contribution in [0.25, 0.3) is 5.57 Å².